The van der Waals surface area contributed by atoms with Gasteiger partial charge in [0, 0.05) is 19.7 Å². The van der Waals surface area contributed by atoms with Crippen molar-refractivity contribution in [3.8, 4) is 5.75 Å². The van der Waals surface area contributed by atoms with Gasteiger partial charge in [0.2, 0.25) is 0 Å². The van der Waals surface area contributed by atoms with Crippen LogP contribution in [0, 0.1) is 0 Å². The van der Waals surface area contributed by atoms with E-state index in [0.29, 0.717) is 19.7 Å². The van der Waals surface area contributed by atoms with Crippen LogP contribution in [-0.2, 0) is 4.74 Å². The highest BCUT2D eigenvalue weighted by Gasteiger charge is 2.29. The molecule has 1 aromatic carbocycles. The number of hydrogen-bond acceptors (Lipinski definition) is 3. The number of halogens is 3. The van der Waals surface area contributed by atoms with Gasteiger partial charge in [-0.15, -0.1) is 0 Å². The van der Waals surface area contributed by atoms with Crippen LogP contribution in [0.5, 0.6) is 5.75 Å². The summed E-state index contributed by atoms with van der Waals surface area (Å²) in [6, 6.07) is 5.66. The molecule has 1 N–H and O–H groups in total. The molecule has 1 aromatic rings. The molecule has 0 saturated carbocycles. The number of carbonyl (C=O) groups excluding carboxylic acids is 1. The van der Waals surface area contributed by atoms with Crippen molar-refractivity contribution in [1.82, 2.24) is 4.90 Å². The number of alkyl halides is 3. The van der Waals surface area contributed by atoms with Crippen LogP contribution in [0.25, 0.3) is 0 Å². The van der Waals surface area contributed by atoms with Crippen LogP contribution in [0.1, 0.15) is 19.8 Å². The van der Waals surface area contributed by atoms with E-state index in [2.05, 4.69) is 5.32 Å². The molecule has 1 heterocycles. The summed E-state index contributed by atoms with van der Waals surface area (Å²) >= 11 is 0. The number of carbonyl (C=O) groups is 1. The summed E-state index contributed by atoms with van der Waals surface area (Å²) in [6.07, 6.45) is -2.56. The number of hydrogen-bond donors (Lipinski definition) is 1. The van der Waals surface area contributed by atoms with E-state index in [-0.39, 0.29) is 17.5 Å². The van der Waals surface area contributed by atoms with Crippen molar-refractivity contribution in [3.05, 3.63) is 24.3 Å². The van der Waals surface area contributed by atoms with Gasteiger partial charge in [-0.1, -0.05) is 12.1 Å². The van der Waals surface area contributed by atoms with Crippen LogP contribution < -0.4 is 10.1 Å². The lowest BCUT2D eigenvalue weighted by Crippen LogP contribution is -2.40. The number of ether oxygens (including phenoxy) is 2. The maximum absolute atomic E-state index is 12.4. The lowest BCUT2D eigenvalue weighted by Gasteiger charge is -2.24. The summed E-state index contributed by atoms with van der Waals surface area (Å²) in [5.74, 6) is -0.0173. The van der Waals surface area contributed by atoms with Crippen molar-refractivity contribution in [2.75, 3.05) is 31.6 Å². The first-order valence-corrected chi connectivity index (χ1v) is 7.85. The summed E-state index contributed by atoms with van der Waals surface area (Å²) in [5, 5.41) is 2.61. The smallest absolute Gasteiger partial charge is 0.422 e. The number of likely N-dealkylation sites (N-methyl/N-ethyl adjacent to an activating group) is 1. The van der Waals surface area contributed by atoms with Crippen molar-refractivity contribution in [1.29, 1.82) is 0 Å². The van der Waals surface area contributed by atoms with Gasteiger partial charge in [0.25, 0.3) is 0 Å². The normalized spacial score (nSPS) is 17.6. The number of para-hydroxylation sites is 2. The summed E-state index contributed by atoms with van der Waals surface area (Å²) in [5.41, 5.74) is 0.206. The Hall–Kier alpha value is -1.96. The van der Waals surface area contributed by atoms with Crippen LogP contribution in [-0.4, -0.2) is 49.5 Å². The Morgan fingerprint density at radius 2 is 2.17 bits per heavy atom. The maximum atomic E-state index is 12.4. The Morgan fingerprint density at radius 3 is 2.79 bits per heavy atom. The van der Waals surface area contributed by atoms with E-state index >= 15 is 0 Å². The Morgan fingerprint density at radius 1 is 1.42 bits per heavy atom. The number of urea groups is 1. The third kappa shape index (κ3) is 5.59. The molecule has 134 valence electrons. The Kier molecular flexibility index (Phi) is 6.30. The second-order valence-electron chi connectivity index (χ2n) is 5.50. The molecule has 0 bridgehead atoms. The Bertz CT molecular complexity index is 546. The largest absolute Gasteiger partial charge is 0.482 e. The monoisotopic (exact) mass is 346 g/mol. The second-order valence-corrected chi connectivity index (χ2v) is 5.50. The van der Waals surface area contributed by atoms with E-state index in [1.165, 1.54) is 12.1 Å². The number of nitrogens with one attached hydrogen (secondary N) is 1. The summed E-state index contributed by atoms with van der Waals surface area (Å²) < 4.78 is 47.2. The van der Waals surface area contributed by atoms with E-state index in [1.807, 2.05) is 6.92 Å². The fourth-order valence-electron chi connectivity index (χ4n) is 2.44. The van der Waals surface area contributed by atoms with Crippen molar-refractivity contribution in [2.45, 2.75) is 32.0 Å². The second kappa shape index (κ2) is 8.23. The summed E-state index contributed by atoms with van der Waals surface area (Å²) in [6.45, 7) is 2.04. The topological polar surface area (TPSA) is 50.8 Å². The van der Waals surface area contributed by atoms with Gasteiger partial charge in [0.1, 0.15) is 5.75 Å². The third-order valence-corrected chi connectivity index (χ3v) is 3.64. The zero-order chi connectivity index (χ0) is 17.6. The minimum atomic E-state index is -4.44. The minimum absolute atomic E-state index is 0.00687. The molecule has 24 heavy (non-hydrogen) atoms. The molecule has 1 fully saturated rings. The minimum Gasteiger partial charge on any atom is -0.482 e. The molecule has 2 amide bonds. The van der Waals surface area contributed by atoms with Crippen molar-refractivity contribution >= 4 is 11.7 Å². The summed E-state index contributed by atoms with van der Waals surface area (Å²) in [7, 11) is 0. The van der Waals surface area contributed by atoms with E-state index < -0.39 is 18.8 Å². The average molecular weight is 346 g/mol. The van der Waals surface area contributed by atoms with Gasteiger partial charge in [0.05, 0.1) is 11.8 Å². The van der Waals surface area contributed by atoms with Crippen LogP contribution in [0.15, 0.2) is 24.3 Å². The predicted molar refractivity (Wildman–Crippen MR) is 83.2 cm³/mol. The zero-order valence-corrected chi connectivity index (χ0v) is 13.4. The maximum Gasteiger partial charge on any atom is 0.422 e. The number of rotatable bonds is 6. The highest BCUT2D eigenvalue weighted by atomic mass is 19.4. The fourth-order valence-corrected chi connectivity index (χ4v) is 2.44. The molecule has 1 aliphatic heterocycles. The van der Waals surface area contributed by atoms with E-state index in [9.17, 15) is 18.0 Å². The zero-order valence-electron chi connectivity index (χ0n) is 13.4. The van der Waals surface area contributed by atoms with E-state index in [4.69, 9.17) is 9.47 Å². The first-order chi connectivity index (χ1) is 11.4. The molecule has 0 spiro atoms. The van der Waals surface area contributed by atoms with Crippen LogP contribution in [0.3, 0.4) is 0 Å². The summed E-state index contributed by atoms with van der Waals surface area (Å²) in [4.78, 5) is 13.9. The van der Waals surface area contributed by atoms with Gasteiger partial charge in [-0.25, -0.2) is 4.79 Å². The van der Waals surface area contributed by atoms with Crippen molar-refractivity contribution < 1.29 is 27.4 Å². The first kappa shape index (κ1) is 18.4. The molecule has 1 unspecified atom stereocenters. The number of nitrogens with zero attached hydrogens (tertiary/aromatic N) is 1. The van der Waals surface area contributed by atoms with Crippen LogP contribution in [0.2, 0.25) is 0 Å². The van der Waals surface area contributed by atoms with Gasteiger partial charge in [-0.2, -0.15) is 13.2 Å². The van der Waals surface area contributed by atoms with Gasteiger partial charge in [-0.05, 0) is 31.9 Å². The van der Waals surface area contributed by atoms with Crippen LogP contribution in [0.4, 0.5) is 23.7 Å². The molecule has 1 saturated heterocycles. The highest BCUT2D eigenvalue weighted by molar-refractivity contribution is 5.91. The standard InChI is InChI=1S/C16H21F3N2O3/c1-2-21(10-12-6-5-9-23-12)15(22)20-13-7-3-4-8-14(13)24-11-16(17,18)19/h3-4,7-8,12H,2,5-6,9-11H2,1H3,(H,20,22). The lowest BCUT2D eigenvalue weighted by molar-refractivity contribution is -0.153. The molecule has 0 aliphatic carbocycles. The molecule has 1 aliphatic rings. The molecule has 2 rings (SSSR count). The van der Waals surface area contributed by atoms with E-state index in [0.717, 1.165) is 12.8 Å². The van der Waals surface area contributed by atoms with Gasteiger partial charge >= 0.3 is 12.2 Å². The van der Waals surface area contributed by atoms with Gasteiger partial charge in [0.15, 0.2) is 6.61 Å². The first-order valence-electron chi connectivity index (χ1n) is 7.85. The average Bonchev–Trinajstić information content (AvgIpc) is 3.04. The predicted octanol–water partition coefficient (Wildman–Crippen LogP) is 3.66. The van der Waals surface area contributed by atoms with E-state index in [1.54, 1.807) is 17.0 Å². The third-order valence-electron chi connectivity index (χ3n) is 3.64. The molecule has 0 radical (unpaired) electrons. The Labute approximate surface area is 138 Å². The lowest BCUT2D eigenvalue weighted by atomic mass is 10.2. The van der Waals surface area contributed by atoms with Crippen LogP contribution >= 0.6 is 0 Å². The molecular formula is C16H21F3N2O3. The van der Waals surface area contributed by atoms with Crippen molar-refractivity contribution in [3.63, 3.8) is 0 Å². The number of anilines is 1. The molecular weight excluding hydrogens is 325 g/mol. The molecule has 5 nitrogen and oxygen atoms in total. The quantitative estimate of drug-likeness (QED) is 0.855. The molecule has 1 atom stereocenters. The highest BCUT2D eigenvalue weighted by Crippen LogP contribution is 2.26. The number of benzene rings is 1. The fraction of sp³-hybridized carbons (Fsp3) is 0.562. The molecule has 0 aromatic heterocycles. The van der Waals surface area contributed by atoms with Gasteiger partial charge in [-0.3, -0.25) is 0 Å². The van der Waals surface area contributed by atoms with Gasteiger partial charge < -0.3 is 19.7 Å². The number of amides is 2. The SMILES string of the molecule is CCN(CC1CCCO1)C(=O)Nc1ccccc1OCC(F)(F)F. The molecule has 8 heteroatoms. The van der Waals surface area contributed by atoms with Crippen molar-refractivity contribution in [2.24, 2.45) is 0 Å². The Balaban J connectivity index is 1.99.